The molecule has 6 rings (SSSR count). The van der Waals surface area contributed by atoms with E-state index in [1.165, 1.54) is 30.3 Å². The van der Waals surface area contributed by atoms with E-state index in [-0.39, 0.29) is 24.2 Å². The van der Waals surface area contributed by atoms with E-state index in [0.717, 1.165) is 16.3 Å². The fourth-order valence-corrected chi connectivity index (χ4v) is 4.82. The summed E-state index contributed by atoms with van der Waals surface area (Å²) in [5.41, 5.74) is 3.96. The topological polar surface area (TPSA) is 76.8 Å². The lowest BCUT2D eigenvalue weighted by atomic mass is 10.0. The van der Waals surface area contributed by atoms with Crippen LogP contribution in [0.4, 0.5) is 8.78 Å². The Labute approximate surface area is 216 Å². The van der Waals surface area contributed by atoms with Crippen LogP contribution in [-0.2, 0) is 20.7 Å². The predicted octanol–water partition coefficient (Wildman–Crippen LogP) is 3.17. The SMILES string of the molecule is Cc1cc(F)cc(-n2cc(-c3ccc(F)cc3)c([C@H]3OCC(=O)N3CCc3ccc4c(c3)=NC(=O)C=4)n2)c1. The summed E-state index contributed by atoms with van der Waals surface area (Å²) < 4.78 is 35.3. The number of hydrogen-bond donors (Lipinski definition) is 0. The highest BCUT2D eigenvalue weighted by Gasteiger charge is 2.36. The van der Waals surface area contributed by atoms with Gasteiger partial charge < -0.3 is 9.64 Å². The van der Waals surface area contributed by atoms with Crippen molar-refractivity contribution in [3.8, 4) is 16.8 Å². The van der Waals surface area contributed by atoms with E-state index in [1.54, 1.807) is 40.9 Å². The molecule has 1 atom stereocenters. The van der Waals surface area contributed by atoms with Crippen LogP contribution in [0.1, 0.15) is 23.0 Å². The first kappa shape index (κ1) is 23.9. The van der Waals surface area contributed by atoms with E-state index in [1.807, 2.05) is 18.2 Å². The van der Waals surface area contributed by atoms with Gasteiger partial charge in [0.1, 0.15) is 23.9 Å². The van der Waals surface area contributed by atoms with Crippen molar-refractivity contribution in [1.82, 2.24) is 14.7 Å². The van der Waals surface area contributed by atoms with Gasteiger partial charge in [0.25, 0.3) is 11.8 Å². The number of carbonyl (C=O) groups excluding carboxylic acids is 2. The van der Waals surface area contributed by atoms with Crippen LogP contribution in [-0.4, -0.2) is 39.6 Å². The molecule has 0 unspecified atom stereocenters. The minimum atomic E-state index is -0.785. The highest BCUT2D eigenvalue weighted by atomic mass is 19.1. The number of aryl methyl sites for hydroxylation is 1. The van der Waals surface area contributed by atoms with Gasteiger partial charge in [-0.05, 0) is 66.4 Å². The molecular weight excluding hydrogens is 490 g/mol. The molecule has 0 radical (unpaired) electrons. The van der Waals surface area contributed by atoms with Crippen LogP contribution in [0.5, 0.6) is 0 Å². The summed E-state index contributed by atoms with van der Waals surface area (Å²) in [4.78, 5) is 30.1. The normalized spacial score (nSPS) is 16.5. The molecule has 0 saturated carbocycles. The van der Waals surface area contributed by atoms with Gasteiger partial charge in [-0.1, -0.05) is 24.3 Å². The minimum Gasteiger partial charge on any atom is -0.342 e. The van der Waals surface area contributed by atoms with Gasteiger partial charge in [0.05, 0.1) is 11.0 Å². The molecule has 0 bridgehead atoms. The largest absolute Gasteiger partial charge is 0.342 e. The Hall–Kier alpha value is -4.50. The molecule has 1 fully saturated rings. The van der Waals surface area contributed by atoms with Gasteiger partial charge >= 0.3 is 0 Å². The van der Waals surface area contributed by atoms with Crippen molar-refractivity contribution in [2.45, 2.75) is 19.6 Å². The zero-order valence-corrected chi connectivity index (χ0v) is 20.4. The Morgan fingerprint density at radius 1 is 1.00 bits per heavy atom. The monoisotopic (exact) mass is 512 g/mol. The Morgan fingerprint density at radius 3 is 2.61 bits per heavy atom. The lowest BCUT2D eigenvalue weighted by molar-refractivity contribution is -0.128. The summed E-state index contributed by atoms with van der Waals surface area (Å²) in [5.74, 6) is -1.24. The number of amides is 2. The van der Waals surface area contributed by atoms with Crippen molar-refractivity contribution >= 4 is 17.9 Å². The number of benzene rings is 3. The van der Waals surface area contributed by atoms with Crippen molar-refractivity contribution < 1.29 is 23.1 Å². The number of halogens is 2. The molecule has 2 amide bonds. The number of hydrogen-bond acceptors (Lipinski definition) is 4. The standard InChI is InChI=1S/C29H22F2N4O3/c1-17-10-22(31)14-23(11-17)35-15-24(19-4-6-21(30)7-5-19)28(33-35)29-34(27(37)16-38-29)9-8-18-2-3-20-13-26(36)32-25(20)12-18/h2-7,10-15,29H,8-9,16H2,1H3/t29-/m1/s1. The van der Waals surface area contributed by atoms with Gasteiger partial charge in [-0.15, -0.1) is 0 Å². The smallest absolute Gasteiger partial charge is 0.270 e. The Morgan fingerprint density at radius 2 is 1.82 bits per heavy atom. The van der Waals surface area contributed by atoms with Gasteiger partial charge in [0, 0.05) is 29.6 Å². The van der Waals surface area contributed by atoms with Gasteiger partial charge in [-0.25, -0.2) is 18.5 Å². The second-order valence-corrected chi connectivity index (χ2v) is 9.35. The summed E-state index contributed by atoms with van der Waals surface area (Å²) in [6.45, 7) is 2.02. The highest BCUT2D eigenvalue weighted by Crippen LogP contribution is 2.35. The van der Waals surface area contributed by atoms with E-state index in [0.29, 0.717) is 40.8 Å². The van der Waals surface area contributed by atoms with Crippen LogP contribution in [0.15, 0.2) is 71.9 Å². The van der Waals surface area contributed by atoms with Crippen LogP contribution in [0.2, 0.25) is 0 Å². The summed E-state index contributed by atoms with van der Waals surface area (Å²) in [7, 11) is 0. The number of rotatable bonds is 6. The summed E-state index contributed by atoms with van der Waals surface area (Å²) in [6.07, 6.45) is 2.95. The zero-order valence-electron chi connectivity index (χ0n) is 20.4. The van der Waals surface area contributed by atoms with Crippen LogP contribution in [0, 0.1) is 18.6 Å². The van der Waals surface area contributed by atoms with Crippen molar-refractivity contribution in [3.05, 3.63) is 106 Å². The minimum absolute atomic E-state index is 0.109. The van der Waals surface area contributed by atoms with Gasteiger partial charge in [-0.2, -0.15) is 5.10 Å². The predicted molar refractivity (Wildman–Crippen MR) is 134 cm³/mol. The van der Waals surface area contributed by atoms with Crippen LogP contribution >= 0.6 is 0 Å². The number of ether oxygens (including phenoxy) is 1. The molecule has 1 aromatic heterocycles. The third kappa shape index (κ3) is 4.52. The van der Waals surface area contributed by atoms with E-state index < -0.39 is 12.0 Å². The Balaban J connectivity index is 1.36. The van der Waals surface area contributed by atoms with Gasteiger partial charge in [-0.3, -0.25) is 9.59 Å². The van der Waals surface area contributed by atoms with E-state index >= 15 is 0 Å². The number of nitrogens with zero attached hydrogens (tertiary/aromatic N) is 4. The summed E-state index contributed by atoms with van der Waals surface area (Å²) >= 11 is 0. The average molecular weight is 513 g/mol. The molecule has 0 N–H and O–H groups in total. The Bertz CT molecular complexity index is 1690. The molecule has 9 heteroatoms. The van der Waals surface area contributed by atoms with E-state index in [4.69, 9.17) is 9.84 Å². The van der Waals surface area contributed by atoms with Crippen molar-refractivity contribution in [2.75, 3.05) is 13.2 Å². The lowest BCUT2D eigenvalue weighted by Gasteiger charge is -2.23. The first-order valence-electron chi connectivity index (χ1n) is 12.1. The first-order chi connectivity index (χ1) is 18.3. The average Bonchev–Trinajstić information content (AvgIpc) is 3.58. The maximum atomic E-state index is 14.2. The molecule has 0 aliphatic carbocycles. The fourth-order valence-electron chi connectivity index (χ4n) is 4.82. The summed E-state index contributed by atoms with van der Waals surface area (Å²) in [6, 6.07) is 16.2. The number of fused-ring (bicyclic) bond motifs is 1. The molecule has 1 saturated heterocycles. The maximum absolute atomic E-state index is 14.2. The fraction of sp³-hybridized carbons (Fsp3) is 0.172. The zero-order chi connectivity index (χ0) is 26.4. The third-order valence-electron chi connectivity index (χ3n) is 6.64. The molecule has 3 aromatic carbocycles. The number of carbonyl (C=O) groups is 2. The molecular formula is C29H22F2N4O3. The molecule has 7 nitrogen and oxygen atoms in total. The molecule has 0 spiro atoms. The second kappa shape index (κ2) is 9.42. The summed E-state index contributed by atoms with van der Waals surface area (Å²) in [5, 5.41) is 6.12. The van der Waals surface area contributed by atoms with Crippen LogP contribution in [0.3, 0.4) is 0 Å². The molecule has 2 aliphatic heterocycles. The molecule has 3 heterocycles. The van der Waals surface area contributed by atoms with Gasteiger partial charge in [0.2, 0.25) is 0 Å². The molecule has 2 aliphatic rings. The quantitative estimate of drug-likeness (QED) is 0.398. The third-order valence-corrected chi connectivity index (χ3v) is 6.64. The van der Waals surface area contributed by atoms with Crippen LogP contribution < -0.4 is 10.6 Å². The molecule has 4 aromatic rings. The molecule has 38 heavy (non-hydrogen) atoms. The van der Waals surface area contributed by atoms with Crippen LogP contribution in [0.25, 0.3) is 22.9 Å². The second-order valence-electron chi connectivity index (χ2n) is 9.35. The van der Waals surface area contributed by atoms with E-state index in [9.17, 15) is 18.4 Å². The van der Waals surface area contributed by atoms with Gasteiger partial charge in [0.15, 0.2) is 6.23 Å². The highest BCUT2D eigenvalue weighted by molar-refractivity contribution is 6.06. The first-order valence-corrected chi connectivity index (χ1v) is 12.1. The Kier molecular flexibility index (Phi) is 5.92. The number of aromatic nitrogens is 2. The lowest BCUT2D eigenvalue weighted by Crippen LogP contribution is -2.31. The maximum Gasteiger partial charge on any atom is 0.270 e. The van der Waals surface area contributed by atoms with E-state index in [2.05, 4.69) is 4.99 Å². The molecule has 190 valence electrons. The van der Waals surface area contributed by atoms with Crippen molar-refractivity contribution in [2.24, 2.45) is 4.99 Å². The van der Waals surface area contributed by atoms with Crippen molar-refractivity contribution in [3.63, 3.8) is 0 Å². The van der Waals surface area contributed by atoms with Crippen molar-refractivity contribution in [1.29, 1.82) is 0 Å².